The summed E-state index contributed by atoms with van der Waals surface area (Å²) in [7, 11) is 1.67. The highest BCUT2D eigenvalue weighted by Gasteiger charge is 2.14. The predicted octanol–water partition coefficient (Wildman–Crippen LogP) is 5.97. The van der Waals surface area contributed by atoms with Crippen molar-refractivity contribution in [1.82, 2.24) is 9.97 Å². The van der Waals surface area contributed by atoms with Crippen LogP contribution in [0.25, 0.3) is 22.4 Å². The Morgan fingerprint density at radius 2 is 1.96 bits per heavy atom. The molecule has 1 N–H and O–H groups in total. The SMILES string of the molecule is COc1ccc(-c2nc(Nc3nc4cc(Cl)ccc4o3)sc2C)cc1C. The maximum atomic E-state index is 5.99. The lowest BCUT2D eigenvalue weighted by Crippen LogP contribution is -1.90. The van der Waals surface area contributed by atoms with Crippen LogP contribution in [0, 0.1) is 13.8 Å². The van der Waals surface area contributed by atoms with Gasteiger partial charge >= 0.3 is 6.01 Å². The van der Waals surface area contributed by atoms with Crippen LogP contribution in [0.2, 0.25) is 5.02 Å². The van der Waals surface area contributed by atoms with Crippen molar-refractivity contribution >= 4 is 45.2 Å². The second-order valence-corrected chi connectivity index (χ2v) is 7.50. The fourth-order valence-corrected chi connectivity index (χ4v) is 3.78. The van der Waals surface area contributed by atoms with E-state index < -0.39 is 0 Å². The zero-order chi connectivity index (χ0) is 18.3. The monoisotopic (exact) mass is 385 g/mol. The number of anilines is 2. The number of ether oxygens (including phenoxy) is 1. The van der Waals surface area contributed by atoms with Crippen molar-refractivity contribution in [3.63, 3.8) is 0 Å². The van der Waals surface area contributed by atoms with Crippen LogP contribution in [-0.4, -0.2) is 17.1 Å². The van der Waals surface area contributed by atoms with E-state index in [4.69, 9.17) is 25.7 Å². The molecule has 0 fully saturated rings. The first-order valence-corrected chi connectivity index (χ1v) is 9.18. The number of hydrogen-bond donors (Lipinski definition) is 1. The lowest BCUT2D eigenvalue weighted by Gasteiger charge is -2.06. The van der Waals surface area contributed by atoms with E-state index >= 15 is 0 Å². The number of hydrogen-bond acceptors (Lipinski definition) is 6. The van der Waals surface area contributed by atoms with Crippen molar-refractivity contribution in [2.45, 2.75) is 13.8 Å². The van der Waals surface area contributed by atoms with Crippen molar-refractivity contribution in [3.05, 3.63) is 51.9 Å². The summed E-state index contributed by atoms with van der Waals surface area (Å²) in [5.41, 5.74) is 4.44. The van der Waals surface area contributed by atoms with Crippen LogP contribution >= 0.6 is 22.9 Å². The highest BCUT2D eigenvalue weighted by Crippen LogP contribution is 2.34. The third-order valence-corrected chi connectivity index (χ3v) is 5.15. The van der Waals surface area contributed by atoms with Gasteiger partial charge in [0.1, 0.15) is 11.3 Å². The minimum absolute atomic E-state index is 0.397. The van der Waals surface area contributed by atoms with Gasteiger partial charge in [-0.05, 0) is 55.8 Å². The van der Waals surface area contributed by atoms with Gasteiger partial charge in [-0.3, -0.25) is 5.32 Å². The molecule has 132 valence electrons. The van der Waals surface area contributed by atoms with Crippen LogP contribution in [0.4, 0.5) is 11.1 Å². The number of fused-ring (bicyclic) bond motifs is 1. The van der Waals surface area contributed by atoms with Gasteiger partial charge in [-0.25, -0.2) is 4.98 Å². The lowest BCUT2D eigenvalue weighted by atomic mass is 10.1. The Kier molecular flexibility index (Phi) is 4.30. The molecule has 0 aliphatic heterocycles. The molecule has 4 rings (SSSR count). The molecule has 2 aromatic carbocycles. The molecule has 0 unspecified atom stereocenters. The summed E-state index contributed by atoms with van der Waals surface area (Å²) in [6.45, 7) is 4.07. The van der Waals surface area contributed by atoms with Crippen LogP contribution in [-0.2, 0) is 0 Å². The summed E-state index contributed by atoms with van der Waals surface area (Å²) in [6.07, 6.45) is 0. The van der Waals surface area contributed by atoms with E-state index in [0.717, 1.165) is 32.6 Å². The Bertz CT molecular complexity index is 1100. The Morgan fingerprint density at radius 1 is 1.12 bits per heavy atom. The number of rotatable bonds is 4. The molecule has 0 bridgehead atoms. The molecule has 2 heterocycles. The number of aromatic nitrogens is 2. The molecule has 0 amide bonds. The number of nitrogens with zero attached hydrogens (tertiary/aromatic N) is 2. The number of halogens is 1. The second kappa shape index (κ2) is 6.63. The zero-order valence-corrected chi connectivity index (χ0v) is 16.0. The van der Waals surface area contributed by atoms with Gasteiger partial charge in [-0.2, -0.15) is 4.98 Å². The van der Waals surface area contributed by atoms with E-state index in [1.165, 1.54) is 0 Å². The fraction of sp³-hybridized carbons (Fsp3) is 0.158. The summed E-state index contributed by atoms with van der Waals surface area (Å²) in [5.74, 6) is 0.866. The van der Waals surface area contributed by atoms with Crippen molar-refractivity contribution in [2.75, 3.05) is 12.4 Å². The van der Waals surface area contributed by atoms with Gasteiger partial charge in [0.25, 0.3) is 0 Å². The Labute approximate surface area is 159 Å². The average Bonchev–Trinajstić information content (AvgIpc) is 3.17. The normalized spacial score (nSPS) is 11.1. The first-order chi connectivity index (χ1) is 12.5. The predicted molar refractivity (Wildman–Crippen MR) is 106 cm³/mol. The molecule has 0 aliphatic carbocycles. The molecule has 0 saturated carbocycles. The summed E-state index contributed by atoms with van der Waals surface area (Å²) < 4.78 is 11.0. The summed E-state index contributed by atoms with van der Waals surface area (Å²) >= 11 is 7.55. The van der Waals surface area contributed by atoms with Crippen molar-refractivity contribution < 1.29 is 9.15 Å². The van der Waals surface area contributed by atoms with Gasteiger partial charge in [-0.1, -0.05) is 11.6 Å². The minimum atomic E-state index is 0.397. The standard InChI is InChI=1S/C19H16ClN3O2S/c1-10-8-12(4-6-15(10)24-3)17-11(2)26-19(22-17)23-18-21-14-9-13(20)5-7-16(14)25-18/h4-9H,1-3H3,(H,21,22,23). The van der Waals surface area contributed by atoms with Gasteiger partial charge in [-0.15, -0.1) is 11.3 Å². The smallest absolute Gasteiger partial charge is 0.302 e. The van der Waals surface area contributed by atoms with Gasteiger partial charge in [0.05, 0.1) is 12.8 Å². The number of thiazole rings is 1. The van der Waals surface area contributed by atoms with E-state index in [-0.39, 0.29) is 0 Å². The Morgan fingerprint density at radius 3 is 2.73 bits per heavy atom. The van der Waals surface area contributed by atoms with E-state index in [1.54, 1.807) is 36.6 Å². The molecular weight excluding hydrogens is 370 g/mol. The molecule has 2 aromatic heterocycles. The Balaban J connectivity index is 1.64. The largest absolute Gasteiger partial charge is 0.496 e. The van der Waals surface area contributed by atoms with Gasteiger partial charge in [0.15, 0.2) is 10.7 Å². The third kappa shape index (κ3) is 3.13. The number of benzene rings is 2. The maximum Gasteiger partial charge on any atom is 0.302 e. The molecule has 26 heavy (non-hydrogen) atoms. The summed E-state index contributed by atoms with van der Waals surface area (Å²) in [5, 5.41) is 4.49. The van der Waals surface area contributed by atoms with Gasteiger partial charge in [0.2, 0.25) is 0 Å². The molecule has 0 saturated heterocycles. The molecular formula is C19H16ClN3O2S. The molecule has 0 radical (unpaired) electrons. The van der Waals surface area contributed by atoms with Gasteiger partial charge in [0, 0.05) is 15.5 Å². The van der Waals surface area contributed by atoms with Crippen LogP contribution in [0.3, 0.4) is 0 Å². The van der Waals surface area contributed by atoms with Crippen molar-refractivity contribution in [3.8, 4) is 17.0 Å². The minimum Gasteiger partial charge on any atom is -0.496 e. The fourth-order valence-electron chi connectivity index (χ4n) is 2.79. The third-order valence-electron chi connectivity index (χ3n) is 4.03. The summed E-state index contributed by atoms with van der Waals surface area (Å²) in [6, 6.07) is 11.8. The van der Waals surface area contributed by atoms with E-state index in [2.05, 4.69) is 16.4 Å². The number of methoxy groups -OCH3 is 1. The molecule has 5 nitrogen and oxygen atoms in total. The highest BCUT2D eigenvalue weighted by molar-refractivity contribution is 7.16. The molecule has 0 atom stereocenters. The highest BCUT2D eigenvalue weighted by atomic mass is 35.5. The van der Waals surface area contributed by atoms with Gasteiger partial charge < -0.3 is 9.15 Å². The lowest BCUT2D eigenvalue weighted by molar-refractivity contribution is 0.412. The van der Waals surface area contributed by atoms with Crippen LogP contribution in [0.15, 0.2) is 40.8 Å². The second-order valence-electron chi connectivity index (χ2n) is 5.86. The topological polar surface area (TPSA) is 60.2 Å². The average molecular weight is 386 g/mol. The molecule has 0 spiro atoms. The molecule has 7 heteroatoms. The quantitative estimate of drug-likeness (QED) is 0.468. The maximum absolute atomic E-state index is 5.99. The molecule has 4 aromatic rings. The van der Waals surface area contributed by atoms with Crippen molar-refractivity contribution in [1.29, 1.82) is 0 Å². The first kappa shape index (κ1) is 16.9. The van der Waals surface area contributed by atoms with E-state index in [0.29, 0.717) is 22.1 Å². The van der Waals surface area contributed by atoms with E-state index in [1.807, 2.05) is 26.0 Å². The van der Waals surface area contributed by atoms with E-state index in [9.17, 15) is 0 Å². The number of aryl methyl sites for hydroxylation is 2. The summed E-state index contributed by atoms with van der Waals surface area (Å²) in [4.78, 5) is 10.2. The van der Waals surface area contributed by atoms with Crippen molar-refractivity contribution in [2.24, 2.45) is 0 Å². The first-order valence-electron chi connectivity index (χ1n) is 7.99. The Hall–Kier alpha value is -2.57. The number of oxazole rings is 1. The number of nitrogens with one attached hydrogen (secondary N) is 1. The van der Waals surface area contributed by atoms with Crippen LogP contribution in [0.1, 0.15) is 10.4 Å². The van der Waals surface area contributed by atoms with Crippen LogP contribution in [0.5, 0.6) is 5.75 Å². The zero-order valence-electron chi connectivity index (χ0n) is 14.5. The van der Waals surface area contributed by atoms with Crippen LogP contribution < -0.4 is 10.1 Å². The molecule has 0 aliphatic rings.